The van der Waals surface area contributed by atoms with Crippen LogP contribution in [-0.2, 0) is 0 Å². The van der Waals surface area contributed by atoms with E-state index in [-0.39, 0.29) is 5.95 Å². The van der Waals surface area contributed by atoms with Crippen molar-refractivity contribution in [3.63, 3.8) is 0 Å². The van der Waals surface area contributed by atoms with Crippen molar-refractivity contribution in [2.45, 2.75) is 25.2 Å². The Kier molecular flexibility index (Phi) is 1.07. The van der Waals surface area contributed by atoms with E-state index in [1.54, 1.807) is 0 Å². The van der Waals surface area contributed by atoms with Gasteiger partial charge in [-0.15, -0.1) is 0 Å². The summed E-state index contributed by atoms with van der Waals surface area (Å²) in [6.07, 6.45) is 3.87. The summed E-state index contributed by atoms with van der Waals surface area (Å²) in [6.45, 7) is 0. The molecule has 4 nitrogen and oxygen atoms in total. The number of anilines is 1. The lowest BCUT2D eigenvalue weighted by Crippen LogP contribution is -1.96. The van der Waals surface area contributed by atoms with E-state index in [2.05, 4.69) is 10.1 Å². The van der Waals surface area contributed by atoms with Crippen LogP contribution in [-0.4, -0.2) is 10.1 Å². The number of fused-ring (bicyclic) bond motifs is 1. The molecular weight excluding hydrogens is 154 g/mol. The van der Waals surface area contributed by atoms with Gasteiger partial charge in [0.1, 0.15) is 0 Å². The zero-order chi connectivity index (χ0) is 8.13. The molecule has 0 aliphatic heterocycles. The first-order valence-corrected chi connectivity index (χ1v) is 4.42. The van der Waals surface area contributed by atoms with E-state index in [4.69, 9.17) is 10.3 Å². The van der Waals surface area contributed by atoms with Gasteiger partial charge in [-0.05, 0) is 36.3 Å². The molecule has 2 saturated carbocycles. The number of nitrogens with two attached hydrogens (primary N) is 1. The third-order valence-corrected chi connectivity index (χ3v) is 3.05. The van der Waals surface area contributed by atoms with Crippen LogP contribution in [0.3, 0.4) is 0 Å². The van der Waals surface area contributed by atoms with Crippen LogP contribution in [0.5, 0.6) is 0 Å². The van der Waals surface area contributed by atoms with Gasteiger partial charge in [0, 0.05) is 5.92 Å². The summed E-state index contributed by atoms with van der Waals surface area (Å²) in [5, 5.41) is 3.59. The van der Waals surface area contributed by atoms with Crippen molar-refractivity contribution in [3.05, 3.63) is 5.89 Å². The fourth-order valence-corrected chi connectivity index (χ4v) is 2.33. The van der Waals surface area contributed by atoms with E-state index < -0.39 is 0 Å². The Morgan fingerprint density at radius 1 is 1.25 bits per heavy atom. The maximum absolute atomic E-state index is 5.38. The Hall–Kier alpha value is -1.06. The number of rotatable bonds is 1. The summed E-state index contributed by atoms with van der Waals surface area (Å²) < 4.78 is 5.03. The Balaban J connectivity index is 1.81. The highest BCUT2D eigenvalue weighted by atomic mass is 16.5. The predicted octanol–water partition coefficient (Wildman–Crippen LogP) is 1.17. The molecule has 2 atom stereocenters. The maximum Gasteiger partial charge on any atom is 0.260 e. The molecule has 2 fully saturated rings. The molecule has 4 heteroatoms. The van der Waals surface area contributed by atoms with E-state index in [1.165, 1.54) is 19.3 Å². The molecule has 2 aliphatic rings. The number of nitrogen functional groups attached to an aromatic ring is 1. The zero-order valence-corrected chi connectivity index (χ0v) is 6.73. The van der Waals surface area contributed by atoms with E-state index in [0.29, 0.717) is 5.92 Å². The lowest BCUT2D eigenvalue weighted by atomic mass is 10.0. The van der Waals surface area contributed by atoms with Gasteiger partial charge < -0.3 is 10.3 Å². The number of aromatic nitrogens is 2. The molecule has 2 aliphatic carbocycles. The standard InChI is InChI=1S/C8H11N3O/c9-8-10-7(12-11-8)6-2-4-1-5(4)3-6/h4-6H,1-3H2,(H2,9,11). The fraction of sp³-hybridized carbons (Fsp3) is 0.750. The van der Waals surface area contributed by atoms with Crippen molar-refractivity contribution in [3.8, 4) is 0 Å². The summed E-state index contributed by atoms with van der Waals surface area (Å²) in [5.74, 6) is 3.41. The van der Waals surface area contributed by atoms with Crippen LogP contribution in [0.25, 0.3) is 0 Å². The van der Waals surface area contributed by atoms with Gasteiger partial charge in [0.05, 0.1) is 0 Å². The minimum absolute atomic E-state index is 0.269. The van der Waals surface area contributed by atoms with Crippen LogP contribution in [0, 0.1) is 11.8 Å². The molecule has 12 heavy (non-hydrogen) atoms. The molecule has 2 unspecified atom stereocenters. The van der Waals surface area contributed by atoms with Gasteiger partial charge in [0.15, 0.2) is 0 Å². The highest BCUT2D eigenvalue weighted by Crippen LogP contribution is 2.57. The van der Waals surface area contributed by atoms with Crippen LogP contribution in [0.4, 0.5) is 5.95 Å². The molecule has 1 aromatic rings. The van der Waals surface area contributed by atoms with Gasteiger partial charge in [0.25, 0.3) is 5.95 Å². The molecular formula is C8H11N3O. The Morgan fingerprint density at radius 3 is 2.58 bits per heavy atom. The monoisotopic (exact) mass is 165 g/mol. The lowest BCUT2D eigenvalue weighted by molar-refractivity contribution is 0.346. The van der Waals surface area contributed by atoms with Gasteiger partial charge in [-0.1, -0.05) is 0 Å². The summed E-state index contributed by atoms with van der Waals surface area (Å²) >= 11 is 0. The predicted molar refractivity (Wildman–Crippen MR) is 42.3 cm³/mol. The van der Waals surface area contributed by atoms with Crippen LogP contribution in [0.1, 0.15) is 31.1 Å². The third-order valence-electron chi connectivity index (χ3n) is 3.05. The second-order valence-electron chi connectivity index (χ2n) is 3.92. The quantitative estimate of drug-likeness (QED) is 0.678. The van der Waals surface area contributed by atoms with E-state index in [0.717, 1.165) is 17.7 Å². The molecule has 0 amide bonds. The molecule has 0 aromatic carbocycles. The number of nitrogens with zero attached hydrogens (tertiary/aromatic N) is 2. The van der Waals surface area contributed by atoms with Crippen molar-refractivity contribution < 1.29 is 4.52 Å². The van der Waals surface area contributed by atoms with Gasteiger partial charge in [-0.2, -0.15) is 4.98 Å². The molecule has 2 N–H and O–H groups in total. The normalized spacial score (nSPS) is 38.2. The highest BCUT2D eigenvalue weighted by molar-refractivity contribution is 5.14. The number of hydrogen-bond donors (Lipinski definition) is 1. The van der Waals surface area contributed by atoms with Crippen molar-refractivity contribution in [1.82, 2.24) is 10.1 Å². The van der Waals surface area contributed by atoms with Crippen LogP contribution in [0.2, 0.25) is 0 Å². The third kappa shape index (κ3) is 0.838. The molecule has 1 heterocycles. The van der Waals surface area contributed by atoms with E-state index in [9.17, 15) is 0 Å². The highest BCUT2D eigenvalue weighted by Gasteiger charge is 2.47. The molecule has 1 aromatic heterocycles. The SMILES string of the molecule is Nc1noc(C2CC3CC3C2)n1. The Morgan fingerprint density at radius 2 is 2.00 bits per heavy atom. The fourth-order valence-electron chi connectivity index (χ4n) is 2.33. The average molecular weight is 165 g/mol. The average Bonchev–Trinajstić information content (AvgIpc) is 2.49. The second-order valence-corrected chi connectivity index (χ2v) is 3.92. The summed E-state index contributed by atoms with van der Waals surface area (Å²) in [7, 11) is 0. The molecule has 64 valence electrons. The van der Waals surface area contributed by atoms with Crippen molar-refractivity contribution in [2.75, 3.05) is 5.73 Å². The van der Waals surface area contributed by atoms with Crippen LogP contribution < -0.4 is 5.73 Å². The molecule has 0 spiro atoms. The summed E-state index contributed by atoms with van der Waals surface area (Å²) in [6, 6.07) is 0. The largest absolute Gasteiger partial charge is 0.365 e. The first kappa shape index (κ1) is 6.46. The van der Waals surface area contributed by atoms with Gasteiger partial charge in [-0.3, -0.25) is 0 Å². The first-order chi connectivity index (χ1) is 5.83. The zero-order valence-electron chi connectivity index (χ0n) is 6.73. The van der Waals surface area contributed by atoms with Crippen molar-refractivity contribution in [1.29, 1.82) is 0 Å². The van der Waals surface area contributed by atoms with Crippen molar-refractivity contribution >= 4 is 5.95 Å². The maximum atomic E-state index is 5.38. The minimum atomic E-state index is 0.269. The smallest absolute Gasteiger partial charge is 0.260 e. The molecule has 0 saturated heterocycles. The first-order valence-electron chi connectivity index (χ1n) is 4.42. The molecule has 0 radical (unpaired) electrons. The van der Waals surface area contributed by atoms with E-state index in [1.807, 2.05) is 0 Å². The number of hydrogen-bond acceptors (Lipinski definition) is 4. The molecule has 3 rings (SSSR count). The van der Waals surface area contributed by atoms with Crippen LogP contribution >= 0.6 is 0 Å². The lowest BCUT2D eigenvalue weighted by Gasteiger charge is -2.03. The second kappa shape index (κ2) is 2.00. The van der Waals surface area contributed by atoms with Crippen molar-refractivity contribution in [2.24, 2.45) is 11.8 Å². The van der Waals surface area contributed by atoms with Gasteiger partial charge in [-0.25, -0.2) is 0 Å². The molecule has 0 bridgehead atoms. The topological polar surface area (TPSA) is 64.9 Å². The van der Waals surface area contributed by atoms with Gasteiger partial charge >= 0.3 is 0 Å². The Labute approximate surface area is 70.1 Å². The van der Waals surface area contributed by atoms with Gasteiger partial charge in [0.2, 0.25) is 5.89 Å². The minimum Gasteiger partial charge on any atom is -0.365 e. The van der Waals surface area contributed by atoms with Crippen LogP contribution in [0.15, 0.2) is 4.52 Å². The Bertz CT molecular complexity index is 299. The van der Waals surface area contributed by atoms with E-state index >= 15 is 0 Å². The summed E-state index contributed by atoms with van der Waals surface area (Å²) in [5.41, 5.74) is 5.38. The summed E-state index contributed by atoms with van der Waals surface area (Å²) in [4.78, 5) is 4.05.